The van der Waals surface area contributed by atoms with Crippen LogP contribution in [0, 0.1) is 5.41 Å². The normalized spacial score (nSPS) is 9.85. The van der Waals surface area contributed by atoms with Gasteiger partial charge in [-0.15, -0.1) is 0 Å². The van der Waals surface area contributed by atoms with E-state index in [2.05, 4.69) is 15.1 Å². The third-order valence-electron chi connectivity index (χ3n) is 1.51. The predicted molar refractivity (Wildman–Crippen MR) is 46.5 cm³/mol. The highest BCUT2D eigenvalue weighted by atomic mass is 15.3. The second kappa shape index (κ2) is 3.14. The van der Waals surface area contributed by atoms with Crippen LogP contribution in [0.3, 0.4) is 0 Å². The monoisotopic (exact) mass is 173 g/mol. The smallest absolute Gasteiger partial charge is 0.197 e. The summed E-state index contributed by atoms with van der Waals surface area (Å²) in [4.78, 5) is 7.88. The third kappa shape index (κ3) is 1.44. The van der Waals surface area contributed by atoms with Gasteiger partial charge in [-0.2, -0.15) is 5.10 Å². The van der Waals surface area contributed by atoms with Gasteiger partial charge < -0.3 is 0 Å². The van der Waals surface area contributed by atoms with E-state index >= 15 is 0 Å². The first-order valence-corrected chi connectivity index (χ1v) is 3.74. The van der Waals surface area contributed by atoms with Crippen molar-refractivity contribution in [2.45, 2.75) is 0 Å². The topological polar surface area (TPSA) is 67.5 Å². The lowest BCUT2D eigenvalue weighted by molar-refractivity contribution is 0.905. The minimum absolute atomic E-state index is 0.172. The summed E-state index contributed by atoms with van der Waals surface area (Å²) in [6.45, 7) is 0. The molecule has 0 spiro atoms. The van der Waals surface area contributed by atoms with Crippen LogP contribution < -0.4 is 0 Å². The Morgan fingerprint density at radius 3 is 2.54 bits per heavy atom. The number of hydrogen-bond acceptors (Lipinski definition) is 4. The molecule has 0 aliphatic carbocycles. The molecule has 64 valence electrons. The maximum absolute atomic E-state index is 7.66. The third-order valence-corrected chi connectivity index (χ3v) is 1.51. The molecule has 0 amide bonds. The molecule has 0 aliphatic heterocycles. The fraction of sp³-hybridized carbons (Fsp3) is 0. The molecule has 0 bridgehead atoms. The summed E-state index contributed by atoms with van der Waals surface area (Å²) in [5.41, 5.74) is 0. The van der Waals surface area contributed by atoms with Crippen LogP contribution >= 0.6 is 0 Å². The number of hydrogen-bond donors (Lipinski definition) is 1. The lowest BCUT2D eigenvalue weighted by atomic mass is 10.5. The van der Waals surface area contributed by atoms with Gasteiger partial charge in [0.25, 0.3) is 0 Å². The lowest BCUT2D eigenvalue weighted by Crippen LogP contribution is -2.15. The van der Waals surface area contributed by atoms with Crippen LogP contribution in [0.5, 0.6) is 0 Å². The molecule has 0 aliphatic rings. The van der Waals surface area contributed by atoms with Crippen LogP contribution in [0.25, 0.3) is 0 Å². The molecule has 2 aromatic heterocycles. The Kier molecular flexibility index (Phi) is 1.84. The highest BCUT2D eigenvalue weighted by molar-refractivity contribution is 5.93. The van der Waals surface area contributed by atoms with Gasteiger partial charge in [0.15, 0.2) is 11.7 Å². The van der Waals surface area contributed by atoms with Crippen molar-refractivity contribution in [2.24, 2.45) is 0 Å². The van der Waals surface area contributed by atoms with Crippen molar-refractivity contribution in [3.8, 4) is 0 Å². The highest BCUT2D eigenvalue weighted by Gasteiger charge is 2.04. The van der Waals surface area contributed by atoms with Crippen molar-refractivity contribution in [3.63, 3.8) is 0 Å². The minimum Gasteiger partial charge on any atom is -0.280 e. The lowest BCUT2D eigenvalue weighted by Gasteiger charge is -1.99. The molecule has 0 saturated heterocycles. The van der Waals surface area contributed by atoms with E-state index in [1.165, 1.54) is 4.68 Å². The summed E-state index contributed by atoms with van der Waals surface area (Å²) >= 11 is 0. The van der Waals surface area contributed by atoms with Crippen molar-refractivity contribution in [1.29, 1.82) is 5.41 Å². The van der Waals surface area contributed by atoms with Crippen LogP contribution in [-0.2, 0) is 0 Å². The maximum atomic E-state index is 7.66. The number of nitrogens with one attached hydrogen (secondary N) is 1. The molecular formula is C8H7N5. The average molecular weight is 173 g/mol. The molecule has 0 atom stereocenters. The van der Waals surface area contributed by atoms with Crippen LogP contribution in [0.2, 0.25) is 0 Å². The molecular weight excluding hydrogens is 166 g/mol. The molecule has 2 heterocycles. The standard InChI is InChI=1S/C8H7N5/c9-7(13-6-2-5-12-13)8-10-3-1-4-11-8/h1-6,9H. The van der Waals surface area contributed by atoms with Crippen LogP contribution in [-0.4, -0.2) is 25.6 Å². The van der Waals surface area contributed by atoms with Crippen LogP contribution in [0.1, 0.15) is 5.82 Å². The predicted octanol–water partition coefficient (Wildman–Crippen LogP) is 0.547. The minimum atomic E-state index is 0.172. The molecule has 13 heavy (non-hydrogen) atoms. The Bertz CT molecular complexity index is 392. The fourth-order valence-corrected chi connectivity index (χ4v) is 0.925. The summed E-state index contributed by atoms with van der Waals surface area (Å²) in [6, 6.07) is 3.46. The van der Waals surface area contributed by atoms with Crippen molar-refractivity contribution >= 4 is 5.84 Å². The van der Waals surface area contributed by atoms with Crippen molar-refractivity contribution in [2.75, 3.05) is 0 Å². The Hall–Kier alpha value is -2.04. The second-order valence-electron chi connectivity index (χ2n) is 2.37. The van der Waals surface area contributed by atoms with E-state index in [4.69, 9.17) is 5.41 Å². The van der Waals surface area contributed by atoms with Crippen molar-refractivity contribution in [1.82, 2.24) is 19.7 Å². The van der Waals surface area contributed by atoms with E-state index in [1.807, 2.05) is 0 Å². The Labute approximate surface area is 74.6 Å². The second-order valence-corrected chi connectivity index (χ2v) is 2.37. The zero-order valence-electron chi connectivity index (χ0n) is 6.75. The van der Waals surface area contributed by atoms with E-state index in [1.54, 1.807) is 36.9 Å². The first-order chi connectivity index (χ1) is 6.38. The summed E-state index contributed by atoms with van der Waals surface area (Å²) in [7, 11) is 0. The van der Waals surface area contributed by atoms with Crippen LogP contribution in [0.15, 0.2) is 36.9 Å². The molecule has 0 aromatic carbocycles. The van der Waals surface area contributed by atoms with Gasteiger partial charge in [0.1, 0.15) is 0 Å². The summed E-state index contributed by atoms with van der Waals surface area (Å²) in [6.07, 6.45) is 6.48. The molecule has 0 saturated carbocycles. The molecule has 1 N–H and O–H groups in total. The van der Waals surface area contributed by atoms with Gasteiger partial charge in [0.2, 0.25) is 0 Å². The first kappa shape index (κ1) is 7.60. The highest BCUT2D eigenvalue weighted by Crippen LogP contribution is 1.92. The molecule has 0 unspecified atom stereocenters. The van der Waals surface area contributed by atoms with E-state index in [-0.39, 0.29) is 5.84 Å². The summed E-state index contributed by atoms with van der Waals surface area (Å²) < 4.78 is 1.41. The van der Waals surface area contributed by atoms with Gasteiger partial charge >= 0.3 is 0 Å². The van der Waals surface area contributed by atoms with E-state index in [0.29, 0.717) is 5.82 Å². The van der Waals surface area contributed by atoms with E-state index in [0.717, 1.165) is 0 Å². The summed E-state index contributed by atoms with van der Waals surface area (Å²) in [5, 5.41) is 11.6. The molecule has 5 nitrogen and oxygen atoms in total. The average Bonchev–Trinajstić information content (AvgIpc) is 2.71. The molecule has 2 rings (SSSR count). The Morgan fingerprint density at radius 1 is 1.15 bits per heavy atom. The number of aromatic nitrogens is 4. The Morgan fingerprint density at radius 2 is 1.92 bits per heavy atom. The van der Waals surface area contributed by atoms with Crippen molar-refractivity contribution in [3.05, 3.63) is 42.7 Å². The molecule has 0 radical (unpaired) electrons. The van der Waals surface area contributed by atoms with Gasteiger partial charge in [-0.3, -0.25) is 5.41 Å². The molecule has 5 heteroatoms. The fourth-order valence-electron chi connectivity index (χ4n) is 0.925. The van der Waals surface area contributed by atoms with Gasteiger partial charge in [-0.1, -0.05) is 0 Å². The largest absolute Gasteiger partial charge is 0.280 e. The van der Waals surface area contributed by atoms with Crippen molar-refractivity contribution < 1.29 is 0 Å². The number of nitrogens with zero attached hydrogens (tertiary/aromatic N) is 4. The van der Waals surface area contributed by atoms with Crippen LogP contribution in [0.4, 0.5) is 0 Å². The Balaban J connectivity index is 2.34. The zero-order valence-corrected chi connectivity index (χ0v) is 6.75. The quantitative estimate of drug-likeness (QED) is 0.505. The number of rotatable bonds is 1. The van der Waals surface area contributed by atoms with E-state index in [9.17, 15) is 0 Å². The van der Waals surface area contributed by atoms with Gasteiger partial charge in [-0.05, 0) is 12.1 Å². The first-order valence-electron chi connectivity index (χ1n) is 3.74. The van der Waals surface area contributed by atoms with Gasteiger partial charge in [-0.25, -0.2) is 14.6 Å². The zero-order chi connectivity index (χ0) is 9.10. The van der Waals surface area contributed by atoms with Gasteiger partial charge in [0, 0.05) is 24.8 Å². The van der Waals surface area contributed by atoms with E-state index < -0.39 is 0 Å². The molecule has 2 aromatic rings. The van der Waals surface area contributed by atoms with Gasteiger partial charge in [0.05, 0.1) is 0 Å². The maximum Gasteiger partial charge on any atom is 0.197 e. The summed E-state index contributed by atoms with van der Waals surface area (Å²) in [5.74, 6) is 0.539. The molecule has 0 fully saturated rings. The SMILES string of the molecule is N=C(c1ncccn1)n1cccn1.